The Balaban J connectivity index is 3.23. The van der Waals surface area contributed by atoms with Gasteiger partial charge in [-0.2, -0.15) is 0 Å². The molecule has 0 fully saturated rings. The van der Waals surface area contributed by atoms with Gasteiger partial charge in [0.1, 0.15) is 5.75 Å². The molecule has 1 atom stereocenters. The average Bonchev–Trinajstić information content (AvgIpc) is 2.16. The summed E-state index contributed by atoms with van der Waals surface area (Å²) in [4.78, 5) is 0. The Labute approximate surface area is 111 Å². The summed E-state index contributed by atoms with van der Waals surface area (Å²) in [5.41, 5.74) is 0. The Bertz CT molecular complexity index is 390. The van der Waals surface area contributed by atoms with Crippen molar-refractivity contribution in [2.45, 2.75) is 39.3 Å². The molecule has 17 heavy (non-hydrogen) atoms. The molecule has 0 saturated carbocycles. The molecule has 0 aromatic heterocycles. The lowest BCUT2D eigenvalue weighted by atomic mass is 10.3. The topological polar surface area (TPSA) is 20.2 Å². The molecule has 1 unspecified atom stereocenters. The van der Waals surface area contributed by atoms with Gasteiger partial charge in [0.15, 0.2) is 0 Å². The van der Waals surface area contributed by atoms with Crippen LogP contribution >= 0.6 is 0 Å². The molecule has 0 aliphatic carbocycles. The maximum Gasteiger partial charge on any atom is 0.115 e. The van der Waals surface area contributed by atoms with Crippen LogP contribution in [0.5, 0.6) is 5.75 Å². The zero-order valence-electron chi connectivity index (χ0n) is 12.3. The first-order valence-corrected chi connectivity index (χ1v) is 20.8. The second kappa shape index (κ2) is 4.53. The molecule has 0 amide bonds. The molecular formula is C12H26OSi4. The van der Waals surface area contributed by atoms with Crippen molar-refractivity contribution < 1.29 is 5.11 Å². The summed E-state index contributed by atoms with van der Waals surface area (Å²) in [6, 6.07) is 8.10. The third-order valence-electron chi connectivity index (χ3n) is 5.03. The van der Waals surface area contributed by atoms with Crippen LogP contribution in [0.25, 0.3) is 0 Å². The van der Waals surface area contributed by atoms with Crippen LogP contribution in [-0.2, 0) is 0 Å². The van der Waals surface area contributed by atoms with E-state index in [9.17, 15) is 5.11 Å². The Morgan fingerprint density at radius 1 is 0.882 bits per heavy atom. The number of phenols is 1. The normalized spacial score (nSPS) is 16.8. The van der Waals surface area contributed by atoms with Crippen molar-refractivity contribution in [1.82, 2.24) is 0 Å². The van der Waals surface area contributed by atoms with Crippen LogP contribution in [0.15, 0.2) is 24.3 Å². The molecule has 1 N–H and O–H groups in total. The molecule has 0 aliphatic rings. The minimum absolute atomic E-state index is 0.396. The number of aromatic hydroxyl groups is 1. The van der Waals surface area contributed by atoms with E-state index in [4.69, 9.17) is 0 Å². The quantitative estimate of drug-likeness (QED) is 0.843. The molecule has 0 heterocycles. The zero-order chi connectivity index (χ0) is 13.5. The van der Waals surface area contributed by atoms with Gasteiger partial charge in [-0.25, -0.2) is 0 Å². The van der Waals surface area contributed by atoms with E-state index >= 15 is 0 Å². The highest BCUT2D eigenvalue weighted by Gasteiger charge is 2.50. The maximum absolute atomic E-state index is 9.43. The molecule has 0 radical (unpaired) electrons. The smallest absolute Gasteiger partial charge is 0.115 e. The third-order valence-corrected chi connectivity index (χ3v) is 65.0. The van der Waals surface area contributed by atoms with E-state index in [2.05, 4.69) is 51.4 Å². The zero-order valence-corrected chi connectivity index (χ0v) is 17.3. The Morgan fingerprint density at radius 2 is 1.29 bits per heavy atom. The first-order chi connectivity index (χ1) is 7.50. The molecule has 1 rings (SSSR count). The van der Waals surface area contributed by atoms with Gasteiger partial charge >= 0.3 is 0 Å². The van der Waals surface area contributed by atoms with Crippen LogP contribution in [0, 0.1) is 0 Å². The molecule has 0 aliphatic heterocycles. The van der Waals surface area contributed by atoms with Gasteiger partial charge in [0.25, 0.3) is 0 Å². The first-order valence-electron chi connectivity index (χ1n) is 6.29. The average molecular weight is 299 g/mol. The summed E-state index contributed by atoms with van der Waals surface area (Å²) in [5, 5.41) is 11.0. The van der Waals surface area contributed by atoms with Crippen LogP contribution < -0.4 is 5.19 Å². The van der Waals surface area contributed by atoms with Gasteiger partial charge in [0, 0.05) is 24.5 Å². The molecule has 1 nitrogen and oxygen atoms in total. The fraction of sp³-hybridized carbons (Fsp3) is 0.500. The van der Waals surface area contributed by atoms with Crippen molar-refractivity contribution in [3.8, 4) is 5.75 Å². The van der Waals surface area contributed by atoms with Crippen LogP contribution in [0.4, 0.5) is 0 Å². The minimum atomic E-state index is -1.24. The highest BCUT2D eigenvalue weighted by atomic mass is 29.8. The van der Waals surface area contributed by atoms with Crippen molar-refractivity contribution in [3.63, 3.8) is 0 Å². The number of hydrogen-bond donors (Lipinski definition) is 1. The van der Waals surface area contributed by atoms with Crippen molar-refractivity contribution >= 4 is 36.8 Å². The SMILES string of the molecule is C[Si](C)(C)[Si](C)(C)[Si](C)([SiH3])c1ccc(O)cc1. The monoisotopic (exact) mass is 298 g/mol. The number of rotatable bonds is 3. The van der Waals surface area contributed by atoms with Gasteiger partial charge in [0.2, 0.25) is 0 Å². The highest BCUT2D eigenvalue weighted by Crippen LogP contribution is 2.27. The second-order valence-corrected chi connectivity index (χ2v) is 44.9. The molecular weight excluding hydrogens is 272 g/mol. The van der Waals surface area contributed by atoms with E-state index in [1.54, 1.807) is 5.19 Å². The lowest BCUT2D eigenvalue weighted by molar-refractivity contribution is 0.475. The Kier molecular flexibility index (Phi) is 3.98. The third kappa shape index (κ3) is 2.67. The van der Waals surface area contributed by atoms with Crippen LogP contribution in [0.2, 0.25) is 39.3 Å². The van der Waals surface area contributed by atoms with Crippen molar-refractivity contribution in [3.05, 3.63) is 24.3 Å². The molecule has 5 heteroatoms. The fourth-order valence-electron chi connectivity index (χ4n) is 2.18. The predicted molar refractivity (Wildman–Crippen MR) is 90.1 cm³/mol. The number of phenolic OH excluding ortho intramolecular Hbond substituents is 1. The minimum Gasteiger partial charge on any atom is -0.508 e. The highest BCUT2D eigenvalue weighted by molar-refractivity contribution is 7.79. The summed E-state index contributed by atoms with van der Waals surface area (Å²) < 4.78 is 0. The van der Waals surface area contributed by atoms with Gasteiger partial charge < -0.3 is 5.11 Å². The van der Waals surface area contributed by atoms with Crippen LogP contribution in [-0.4, -0.2) is 36.7 Å². The van der Waals surface area contributed by atoms with Gasteiger partial charge in [-0.15, -0.1) is 0 Å². The summed E-state index contributed by atoms with van der Waals surface area (Å²) in [6.07, 6.45) is 0. The van der Waals surface area contributed by atoms with Gasteiger partial charge in [-0.1, -0.05) is 56.6 Å². The molecule has 96 valence electrons. The molecule has 0 spiro atoms. The standard InChI is InChI=1S/C12H26OSi4/c1-15(2,3)16(4,5)17(6,14)12-9-7-11(13)8-10-12/h7-10,13H,1-6,14H3. The van der Waals surface area contributed by atoms with E-state index in [1.165, 1.54) is 9.76 Å². The summed E-state index contributed by atoms with van der Waals surface area (Å²) in [7, 11) is -2.09. The largest absolute Gasteiger partial charge is 0.508 e. The number of hydrogen-bond acceptors (Lipinski definition) is 1. The predicted octanol–water partition coefficient (Wildman–Crippen LogP) is 1.74. The van der Waals surface area contributed by atoms with Crippen molar-refractivity contribution in [2.75, 3.05) is 0 Å². The lowest BCUT2D eigenvalue weighted by Crippen LogP contribution is -2.75. The lowest BCUT2D eigenvalue weighted by Gasteiger charge is -2.47. The summed E-state index contributed by atoms with van der Waals surface area (Å²) in [5.74, 6) is 0.396. The van der Waals surface area contributed by atoms with E-state index in [1.807, 2.05) is 12.1 Å². The summed E-state index contributed by atoms with van der Waals surface area (Å²) >= 11 is 0. The Hall–Kier alpha value is -0.112. The number of benzene rings is 1. The van der Waals surface area contributed by atoms with Crippen LogP contribution in [0.3, 0.4) is 0 Å². The maximum atomic E-state index is 9.43. The van der Waals surface area contributed by atoms with Crippen LogP contribution in [0.1, 0.15) is 0 Å². The van der Waals surface area contributed by atoms with E-state index in [0.29, 0.717) is 5.75 Å². The van der Waals surface area contributed by atoms with E-state index < -0.39 is 21.8 Å². The van der Waals surface area contributed by atoms with Gasteiger partial charge in [-0.05, 0) is 12.1 Å². The fourth-order valence-corrected chi connectivity index (χ4v) is 53.5. The van der Waals surface area contributed by atoms with Gasteiger partial charge in [-0.3, -0.25) is 0 Å². The molecule has 0 bridgehead atoms. The van der Waals surface area contributed by atoms with Crippen molar-refractivity contribution in [1.29, 1.82) is 0 Å². The summed E-state index contributed by atoms with van der Waals surface area (Å²) in [6.45, 7) is 15.4. The second-order valence-electron chi connectivity index (χ2n) is 7.05. The van der Waals surface area contributed by atoms with E-state index in [0.717, 1.165) is 0 Å². The Morgan fingerprint density at radius 3 is 1.65 bits per heavy atom. The molecule has 1 aromatic rings. The molecule has 1 aromatic carbocycles. The molecule has 0 saturated heterocycles. The van der Waals surface area contributed by atoms with E-state index in [-0.39, 0.29) is 0 Å². The van der Waals surface area contributed by atoms with Crippen molar-refractivity contribution in [2.24, 2.45) is 0 Å². The van der Waals surface area contributed by atoms with Gasteiger partial charge in [0.05, 0.1) is 7.11 Å². The first kappa shape index (κ1) is 14.9.